The molecule has 0 aromatic carbocycles. The maximum absolute atomic E-state index is 8.55. The third kappa shape index (κ3) is 76.1. The first-order valence-corrected chi connectivity index (χ1v) is 2.19. The Bertz CT molecular complexity index is 57.8. The average Bonchev–Trinajstić information content (AvgIpc) is 0.722. The molecule has 0 bridgehead atoms. The third-order valence-corrected chi connectivity index (χ3v) is 0. The van der Waals surface area contributed by atoms with Gasteiger partial charge in [0.25, 0.3) is 0 Å². The van der Waals surface area contributed by atoms with Crippen LogP contribution in [0.15, 0.2) is 0 Å². The van der Waals surface area contributed by atoms with E-state index in [0.29, 0.717) is 0 Å². The molecule has 0 radical (unpaired) electrons. The van der Waals surface area contributed by atoms with Crippen molar-refractivity contribution in [3.63, 3.8) is 0 Å². The summed E-state index contributed by atoms with van der Waals surface area (Å²) in [5.41, 5.74) is 0. The molecule has 7 heteroatoms. The molecule has 0 spiro atoms. The second kappa shape index (κ2) is 6.03. The first-order valence-electron chi connectivity index (χ1n) is 0.730. The van der Waals surface area contributed by atoms with E-state index in [9.17, 15) is 0 Å². The predicted molar refractivity (Wildman–Crippen MR) is 19.1 cm³/mol. The molecule has 0 N–H and O–H groups in total. The molecule has 0 saturated heterocycles. The first kappa shape index (κ1) is 16.0. The van der Waals surface area contributed by atoms with Crippen molar-refractivity contribution < 1.29 is 19.2 Å². The van der Waals surface area contributed by atoms with Crippen molar-refractivity contribution in [2.45, 2.75) is 0 Å². The molecular formula is AlCaO4P+2. The van der Waals surface area contributed by atoms with Crippen LogP contribution in [0.3, 0.4) is 0 Å². The van der Waals surface area contributed by atoms with E-state index in [1.165, 1.54) is 0 Å². The third-order valence-electron chi connectivity index (χ3n) is 0. The number of hydrogen-bond donors (Lipinski definition) is 0. The second-order valence-corrected chi connectivity index (χ2v) is 1.34. The average molecular weight is 162 g/mol. The zero-order valence-corrected chi connectivity index (χ0v) is 7.62. The minimum absolute atomic E-state index is 0. The normalized spacial score (nSPS) is 8.43. The molecule has 0 atom stereocenters. The van der Waals surface area contributed by atoms with Gasteiger partial charge in [0.05, 0.1) is 0 Å². The maximum atomic E-state index is 8.55. The van der Waals surface area contributed by atoms with Crippen molar-refractivity contribution in [1.29, 1.82) is 0 Å². The summed E-state index contributed by atoms with van der Waals surface area (Å²) in [7, 11) is -5.39. The van der Waals surface area contributed by atoms with Crippen LogP contribution in [0.1, 0.15) is 0 Å². The zero-order valence-electron chi connectivity index (χ0n) is 3.36. The molecule has 0 aromatic heterocycles. The summed E-state index contributed by atoms with van der Waals surface area (Å²) in [5, 5.41) is 0. The van der Waals surface area contributed by atoms with E-state index in [1.54, 1.807) is 0 Å². The molecule has 0 unspecified atom stereocenters. The molecule has 0 amide bonds. The van der Waals surface area contributed by atoms with Crippen molar-refractivity contribution in [1.82, 2.24) is 0 Å². The summed E-state index contributed by atoms with van der Waals surface area (Å²) < 4.78 is 8.55. The monoisotopic (exact) mass is 162 g/mol. The summed E-state index contributed by atoms with van der Waals surface area (Å²) in [6, 6.07) is 0. The van der Waals surface area contributed by atoms with Crippen LogP contribution < -0.4 is 14.7 Å². The number of rotatable bonds is 0. The molecule has 0 aliphatic carbocycles. The van der Waals surface area contributed by atoms with Gasteiger partial charge in [-0.05, 0) is 0 Å². The van der Waals surface area contributed by atoms with Gasteiger partial charge in [0.2, 0.25) is 0 Å². The van der Waals surface area contributed by atoms with Gasteiger partial charge in [-0.15, -0.1) is 0 Å². The summed E-state index contributed by atoms with van der Waals surface area (Å²) in [6.45, 7) is 0. The van der Waals surface area contributed by atoms with E-state index in [-0.39, 0.29) is 55.1 Å². The maximum Gasteiger partial charge on any atom is 3.00 e. The van der Waals surface area contributed by atoms with E-state index in [2.05, 4.69) is 0 Å². The van der Waals surface area contributed by atoms with E-state index in [0.717, 1.165) is 0 Å². The summed E-state index contributed by atoms with van der Waals surface area (Å²) in [6.07, 6.45) is 0. The Labute approximate surface area is 81.3 Å². The minimum atomic E-state index is -5.39. The Morgan fingerprint density at radius 2 is 1.14 bits per heavy atom. The van der Waals surface area contributed by atoms with Crippen molar-refractivity contribution >= 4 is 62.9 Å². The molecule has 0 aromatic rings. The van der Waals surface area contributed by atoms with Gasteiger partial charge < -0.3 is 19.2 Å². The van der Waals surface area contributed by atoms with Gasteiger partial charge in [-0.2, -0.15) is 7.82 Å². The Hall–Kier alpha value is 1.90. The molecule has 7 heavy (non-hydrogen) atoms. The molecule has 0 heterocycles. The van der Waals surface area contributed by atoms with Gasteiger partial charge in [-0.1, -0.05) is 0 Å². The zero-order chi connectivity index (χ0) is 4.50. The number of phosphoric acid groups is 1. The molecule has 0 saturated carbocycles. The van der Waals surface area contributed by atoms with Crippen molar-refractivity contribution in [3.8, 4) is 0 Å². The summed E-state index contributed by atoms with van der Waals surface area (Å²) in [5.74, 6) is 0. The SMILES string of the molecule is O=P([O-])([O-])[O-].[Al+3].[Ca+2]. The van der Waals surface area contributed by atoms with Crippen molar-refractivity contribution in [3.05, 3.63) is 0 Å². The van der Waals surface area contributed by atoms with Gasteiger partial charge in [0.15, 0.2) is 0 Å². The molecule has 0 rings (SSSR count). The Balaban J connectivity index is -0.0000000800. The van der Waals surface area contributed by atoms with Gasteiger partial charge in [0.1, 0.15) is 0 Å². The van der Waals surface area contributed by atoms with Gasteiger partial charge in [0, 0.05) is 0 Å². The smallest absolute Gasteiger partial charge is 0.822 e. The topological polar surface area (TPSA) is 86.2 Å². The van der Waals surface area contributed by atoms with Crippen LogP contribution in [0.5, 0.6) is 0 Å². The van der Waals surface area contributed by atoms with Gasteiger partial charge >= 0.3 is 55.1 Å². The van der Waals surface area contributed by atoms with Crippen LogP contribution in [-0.2, 0) is 4.57 Å². The standard InChI is InChI=1S/Al.Ca.H3O4P/c;;1-5(2,3)4/h;;(H3,1,2,3,4)/q+3;+2;/p-3. The second-order valence-electron chi connectivity index (χ2n) is 0.447. The molecule has 0 aliphatic rings. The number of hydrogen-bond acceptors (Lipinski definition) is 4. The fraction of sp³-hybridized carbons (Fsp3) is 0. The van der Waals surface area contributed by atoms with Crippen LogP contribution in [0.2, 0.25) is 0 Å². The van der Waals surface area contributed by atoms with Crippen LogP contribution in [0, 0.1) is 0 Å². The van der Waals surface area contributed by atoms with E-state index < -0.39 is 7.82 Å². The fourth-order valence-electron chi connectivity index (χ4n) is 0. The van der Waals surface area contributed by atoms with Crippen LogP contribution in [0.4, 0.5) is 0 Å². The van der Waals surface area contributed by atoms with Crippen molar-refractivity contribution in [2.75, 3.05) is 0 Å². The van der Waals surface area contributed by atoms with Crippen LogP contribution in [-0.4, -0.2) is 55.1 Å². The molecule has 0 aliphatic heterocycles. The molecule has 4 nitrogen and oxygen atoms in total. The Morgan fingerprint density at radius 3 is 1.14 bits per heavy atom. The van der Waals surface area contributed by atoms with E-state index in [4.69, 9.17) is 19.2 Å². The van der Waals surface area contributed by atoms with Gasteiger partial charge in [-0.3, -0.25) is 0 Å². The van der Waals surface area contributed by atoms with Crippen LogP contribution in [0.25, 0.3) is 0 Å². The Morgan fingerprint density at radius 1 is 1.14 bits per heavy atom. The quantitative estimate of drug-likeness (QED) is 0.272. The summed E-state index contributed by atoms with van der Waals surface area (Å²) >= 11 is 0. The molecular weight excluding hydrogens is 162 g/mol. The molecule has 0 fully saturated rings. The van der Waals surface area contributed by atoms with Crippen molar-refractivity contribution in [2.24, 2.45) is 0 Å². The first-order chi connectivity index (χ1) is 2.00. The summed E-state index contributed by atoms with van der Waals surface area (Å²) in [4.78, 5) is 25.6. The van der Waals surface area contributed by atoms with Gasteiger partial charge in [-0.25, -0.2) is 0 Å². The minimum Gasteiger partial charge on any atom is -0.822 e. The van der Waals surface area contributed by atoms with Crippen LogP contribution >= 0.6 is 7.82 Å². The largest absolute Gasteiger partial charge is 3.00 e. The fourth-order valence-corrected chi connectivity index (χ4v) is 0. The Kier molecular flexibility index (Phi) is 13.7. The molecule has 32 valence electrons. The van der Waals surface area contributed by atoms with E-state index >= 15 is 0 Å². The van der Waals surface area contributed by atoms with E-state index in [1.807, 2.05) is 0 Å². The predicted octanol–water partition coefficient (Wildman–Crippen LogP) is -3.59.